The summed E-state index contributed by atoms with van der Waals surface area (Å²) in [6.45, 7) is 6.40. The van der Waals surface area contributed by atoms with Crippen LogP contribution in [0.25, 0.3) is 0 Å². The quantitative estimate of drug-likeness (QED) is 0.438. The molecule has 7 nitrogen and oxygen atoms in total. The van der Waals surface area contributed by atoms with Gasteiger partial charge in [-0.25, -0.2) is 24.1 Å². The average Bonchev–Trinajstić information content (AvgIpc) is 3.33. The number of piperidine rings is 1. The van der Waals surface area contributed by atoms with Crippen molar-refractivity contribution in [1.82, 2.24) is 24.8 Å². The SMILES string of the molecule is CSc1nccc(C2CN(C(=O)OC(C)(C)C)CCC2(c2ccc(F)cc2)c2ncc[nH]2)n1. The van der Waals surface area contributed by atoms with Crippen molar-refractivity contribution in [1.29, 1.82) is 0 Å². The molecule has 0 bridgehead atoms. The molecule has 9 heteroatoms. The highest BCUT2D eigenvalue weighted by molar-refractivity contribution is 7.98. The second-order valence-electron chi connectivity index (χ2n) is 9.11. The van der Waals surface area contributed by atoms with E-state index in [-0.39, 0.29) is 17.8 Å². The molecule has 1 N–H and O–H groups in total. The normalized spacial score (nSPS) is 21.1. The molecule has 0 radical (unpaired) electrons. The molecule has 3 aromatic rings. The number of amides is 1. The Hall–Kier alpha value is -2.94. The number of hydrogen-bond donors (Lipinski definition) is 1. The minimum atomic E-state index is -0.639. The number of imidazole rings is 1. The van der Waals surface area contributed by atoms with E-state index in [1.807, 2.05) is 33.1 Å². The Balaban J connectivity index is 1.85. The predicted octanol–water partition coefficient (Wildman–Crippen LogP) is 4.77. The van der Waals surface area contributed by atoms with E-state index in [1.165, 1.54) is 23.9 Å². The van der Waals surface area contributed by atoms with Crippen LogP contribution in [-0.2, 0) is 10.2 Å². The molecule has 1 saturated heterocycles. The lowest BCUT2D eigenvalue weighted by atomic mass is 9.64. The second-order valence-corrected chi connectivity index (χ2v) is 9.89. The van der Waals surface area contributed by atoms with E-state index < -0.39 is 11.0 Å². The Morgan fingerprint density at radius 1 is 1.21 bits per heavy atom. The molecule has 1 fully saturated rings. The van der Waals surface area contributed by atoms with Gasteiger partial charge in [-0.15, -0.1) is 0 Å². The second kappa shape index (κ2) is 9.13. The van der Waals surface area contributed by atoms with Gasteiger partial charge in [0, 0.05) is 37.6 Å². The monoisotopic (exact) mass is 469 g/mol. The van der Waals surface area contributed by atoms with Gasteiger partial charge in [0.25, 0.3) is 0 Å². The summed E-state index contributed by atoms with van der Waals surface area (Å²) in [7, 11) is 0. The summed E-state index contributed by atoms with van der Waals surface area (Å²) >= 11 is 1.46. The van der Waals surface area contributed by atoms with E-state index in [9.17, 15) is 9.18 Å². The fourth-order valence-corrected chi connectivity index (χ4v) is 4.82. The number of carbonyl (C=O) groups is 1. The number of ether oxygens (including phenoxy) is 1. The molecule has 1 aromatic carbocycles. The zero-order valence-electron chi connectivity index (χ0n) is 19.2. The topological polar surface area (TPSA) is 84.0 Å². The van der Waals surface area contributed by atoms with E-state index >= 15 is 0 Å². The number of H-pyrrole nitrogens is 1. The van der Waals surface area contributed by atoms with Crippen LogP contribution >= 0.6 is 11.8 Å². The maximum absolute atomic E-state index is 13.8. The van der Waals surface area contributed by atoms with E-state index in [4.69, 9.17) is 9.72 Å². The van der Waals surface area contributed by atoms with Gasteiger partial charge in [0.1, 0.15) is 17.2 Å². The first-order valence-electron chi connectivity index (χ1n) is 10.8. The zero-order valence-corrected chi connectivity index (χ0v) is 20.0. The van der Waals surface area contributed by atoms with Crippen LogP contribution in [0.4, 0.5) is 9.18 Å². The van der Waals surface area contributed by atoms with E-state index in [2.05, 4.69) is 15.0 Å². The van der Waals surface area contributed by atoms with Crippen LogP contribution in [0.5, 0.6) is 0 Å². The fraction of sp³-hybridized carbons (Fsp3) is 0.417. The van der Waals surface area contributed by atoms with E-state index in [1.54, 1.807) is 35.6 Å². The molecule has 2 atom stereocenters. The number of thioether (sulfide) groups is 1. The Labute approximate surface area is 197 Å². The minimum absolute atomic E-state index is 0.260. The Kier molecular flexibility index (Phi) is 6.43. The number of carbonyl (C=O) groups excluding carboxylic acids is 1. The number of hydrogen-bond acceptors (Lipinski definition) is 6. The highest BCUT2D eigenvalue weighted by Crippen LogP contribution is 2.48. The first kappa shape index (κ1) is 23.2. The molecule has 33 heavy (non-hydrogen) atoms. The van der Waals surface area contributed by atoms with Gasteiger partial charge in [0.05, 0.1) is 11.1 Å². The molecular weight excluding hydrogens is 441 g/mol. The van der Waals surface area contributed by atoms with Crippen LogP contribution in [0.1, 0.15) is 50.2 Å². The molecular formula is C24H28FN5O2S. The van der Waals surface area contributed by atoms with Gasteiger partial charge in [0.2, 0.25) is 0 Å². The lowest BCUT2D eigenvalue weighted by Gasteiger charge is -2.47. The van der Waals surface area contributed by atoms with Gasteiger partial charge in [-0.2, -0.15) is 0 Å². The molecule has 4 rings (SSSR count). The summed E-state index contributed by atoms with van der Waals surface area (Å²) in [6, 6.07) is 8.40. The van der Waals surface area contributed by atoms with Gasteiger partial charge in [-0.05, 0) is 57.2 Å². The predicted molar refractivity (Wildman–Crippen MR) is 125 cm³/mol. The first-order chi connectivity index (χ1) is 15.7. The smallest absolute Gasteiger partial charge is 0.410 e. The molecule has 2 unspecified atom stereocenters. The van der Waals surface area contributed by atoms with Gasteiger partial charge in [-0.1, -0.05) is 23.9 Å². The van der Waals surface area contributed by atoms with E-state index in [0.29, 0.717) is 24.7 Å². The third-order valence-corrected chi connectivity index (χ3v) is 6.46. The molecule has 0 saturated carbocycles. The molecule has 174 valence electrons. The van der Waals surface area contributed by atoms with Crippen LogP contribution in [-0.4, -0.2) is 55.9 Å². The van der Waals surface area contributed by atoms with Crippen LogP contribution in [0, 0.1) is 5.82 Å². The minimum Gasteiger partial charge on any atom is -0.444 e. The largest absolute Gasteiger partial charge is 0.444 e. The summed E-state index contributed by atoms with van der Waals surface area (Å²) < 4.78 is 19.5. The van der Waals surface area contributed by atoms with Crippen molar-refractivity contribution in [2.75, 3.05) is 19.3 Å². The van der Waals surface area contributed by atoms with Crippen molar-refractivity contribution >= 4 is 17.9 Å². The van der Waals surface area contributed by atoms with Gasteiger partial charge in [-0.3, -0.25) is 0 Å². The standard InChI is InChI=1S/C24H28FN5O2S/c1-23(2,3)32-22(31)30-14-10-24(20-26-12-13-27-20,16-5-7-17(25)8-6-16)18(15-30)19-9-11-28-21(29-19)33-4/h5-9,11-13,18H,10,14-15H2,1-4H3,(H,26,27). The number of aromatic nitrogens is 4. The number of benzene rings is 1. The van der Waals surface area contributed by atoms with Crippen LogP contribution in [0.15, 0.2) is 54.1 Å². The maximum Gasteiger partial charge on any atom is 0.410 e. The van der Waals surface area contributed by atoms with Crippen molar-refractivity contribution in [3.8, 4) is 0 Å². The molecule has 1 aliphatic heterocycles. The van der Waals surface area contributed by atoms with Crippen molar-refractivity contribution in [3.63, 3.8) is 0 Å². The van der Waals surface area contributed by atoms with Crippen molar-refractivity contribution in [2.45, 2.75) is 49.3 Å². The summed E-state index contributed by atoms with van der Waals surface area (Å²) in [5, 5.41) is 0.648. The Morgan fingerprint density at radius 2 is 1.97 bits per heavy atom. The van der Waals surface area contributed by atoms with Crippen molar-refractivity contribution in [3.05, 3.63) is 71.8 Å². The van der Waals surface area contributed by atoms with Crippen molar-refractivity contribution < 1.29 is 13.9 Å². The lowest BCUT2D eigenvalue weighted by molar-refractivity contribution is 0.0144. The maximum atomic E-state index is 13.8. The number of nitrogens with zero attached hydrogens (tertiary/aromatic N) is 4. The molecule has 2 aromatic heterocycles. The summed E-state index contributed by atoms with van der Waals surface area (Å²) in [5.41, 5.74) is 0.472. The lowest BCUT2D eigenvalue weighted by Crippen LogP contribution is -2.52. The number of rotatable bonds is 4. The van der Waals surface area contributed by atoms with Crippen molar-refractivity contribution in [2.24, 2.45) is 0 Å². The first-order valence-corrected chi connectivity index (χ1v) is 12.1. The number of halogens is 1. The fourth-order valence-electron chi connectivity index (χ4n) is 4.46. The molecule has 1 aliphatic rings. The van der Waals surface area contributed by atoms with Crippen LogP contribution in [0.2, 0.25) is 0 Å². The number of likely N-dealkylation sites (tertiary alicyclic amines) is 1. The zero-order chi connectivity index (χ0) is 23.6. The van der Waals surface area contributed by atoms with Gasteiger partial charge < -0.3 is 14.6 Å². The third-order valence-electron chi connectivity index (χ3n) is 5.90. The Morgan fingerprint density at radius 3 is 2.61 bits per heavy atom. The Bertz CT molecular complexity index is 1100. The average molecular weight is 470 g/mol. The molecule has 0 aliphatic carbocycles. The number of nitrogens with one attached hydrogen (secondary N) is 1. The molecule has 3 heterocycles. The van der Waals surface area contributed by atoms with Crippen LogP contribution < -0.4 is 0 Å². The number of aromatic amines is 1. The van der Waals surface area contributed by atoms with Crippen LogP contribution in [0.3, 0.4) is 0 Å². The van der Waals surface area contributed by atoms with Gasteiger partial charge >= 0.3 is 6.09 Å². The summed E-state index contributed by atoms with van der Waals surface area (Å²) in [6.07, 6.45) is 7.36. The highest BCUT2D eigenvalue weighted by atomic mass is 32.2. The molecule has 1 amide bonds. The van der Waals surface area contributed by atoms with E-state index in [0.717, 1.165) is 17.1 Å². The molecule has 0 spiro atoms. The van der Waals surface area contributed by atoms with Gasteiger partial charge in [0.15, 0.2) is 5.16 Å². The highest BCUT2D eigenvalue weighted by Gasteiger charge is 2.50. The third kappa shape index (κ3) is 4.73. The summed E-state index contributed by atoms with van der Waals surface area (Å²) in [4.78, 5) is 31.7. The summed E-state index contributed by atoms with van der Waals surface area (Å²) in [5.74, 6) is 0.194.